The summed E-state index contributed by atoms with van der Waals surface area (Å²) in [6.45, 7) is 0. The molecule has 0 aliphatic carbocycles. The van der Waals surface area contributed by atoms with Gasteiger partial charge in [-0.15, -0.1) is 0 Å². The molecular weight excluding hydrogens is 283 g/mol. The number of hydrogen-bond donors (Lipinski definition) is 0. The minimum atomic E-state index is -0.446. The summed E-state index contributed by atoms with van der Waals surface area (Å²) in [6, 6.07) is 6.81. The molecule has 3 nitrogen and oxygen atoms in total. The summed E-state index contributed by atoms with van der Waals surface area (Å²) in [5, 5.41) is 0.572. The molecule has 0 spiro atoms. The molecule has 0 amide bonds. The first-order valence-corrected chi connectivity index (χ1v) is 6.58. The monoisotopic (exact) mass is 292 g/mol. The molecule has 0 aliphatic heterocycles. The molecule has 0 saturated heterocycles. The van der Waals surface area contributed by atoms with Crippen molar-refractivity contribution in [1.82, 2.24) is 0 Å². The van der Waals surface area contributed by atoms with Crippen LogP contribution in [0.15, 0.2) is 24.3 Å². The van der Waals surface area contributed by atoms with Crippen molar-refractivity contribution < 1.29 is 14.3 Å². The molecule has 0 atom stereocenters. The van der Waals surface area contributed by atoms with E-state index in [2.05, 4.69) is 4.74 Å². The Morgan fingerprint density at radius 1 is 1.40 bits per heavy atom. The van der Waals surface area contributed by atoms with E-state index in [9.17, 15) is 9.59 Å². The van der Waals surface area contributed by atoms with Gasteiger partial charge >= 0.3 is 98.8 Å². The van der Waals surface area contributed by atoms with Gasteiger partial charge in [-0.2, -0.15) is 0 Å². The number of rotatable bonds is 4. The third-order valence-corrected chi connectivity index (χ3v) is 3.78. The van der Waals surface area contributed by atoms with E-state index in [-0.39, 0.29) is 16.0 Å². The number of ether oxygens (including phenoxy) is 1. The number of hydrogen-bond acceptors (Lipinski definition) is 3. The third-order valence-electron chi connectivity index (χ3n) is 1.64. The topological polar surface area (TPSA) is 43.4 Å². The number of carbonyl (C=O) groups excluding carboxylic acids is 2. The second-order valence-corrected chi connectivity index (χ2v) is 5.03. The van der Waals surface area contributed by atoms with Gasteiger partial charge in [0.05, 0.1) is 0 Å². The third kappa shape index (κ3) is 3.67. The van der Waals surface area contributed by atoms with Crippen LogP contribution in [0.4, 0.5) is 0 Å². The van der Waals surface area contributed by atoms with E-state index in [0.717, 1.165) is 0 Å². The van der Waals surface area contributed by atoms with E-state index in [1.165, 1.54) is 7.11 Å². The predicted molar refractivity (Wildman–Crippen MR) is 58.4 cm³/mol. The van der Waals surface area contributed by atoms with E-state index in [1.54, 1.807) is 24.3 Å². The Bertz CT molecular complexity index is 379. The molecule has 0 bridgehead atoms. The maximum atomic E-state index is 11.6. The Morgan fingerprint density at radius 3 is 2.67 bits per heavy atom. The molecule has 80 valence electrons. The average molecular weight is 292 g/mol. The summed E-state index contributed by atoms with van der Waals surface area (Å²) in [5.41, 5.74) is 0.475. The van der Waals surface area contributed by atoms with Gasteiger partial charge in [-0.1, -0.05) is 0 Å². The molecule has 1 aromatic carbocycles. The molecule has 1 rings (SSSR count). The van der Waals surface area contributed by atoms with Crippen molar-refractivity contribution in [2.24, 2.45) is 0 Å². The van der Waals surface area contributed by atoms with E-state index in [0.29, 0.717) is 10.6 Å². The second-order valence-electron chi connectivity index (χ2n) is 2.63. The Balaban J connectivity index is 2.62. The standard InChI is InChI=1S/C10H9ClO3Se/c1-14-9(12)6-15-10(13)7-4-2-3-5-8(7)11/h2-5H,6H2,1H3. The van der Waals surface area contributed by atoms with Crippen molar-refractivity contribution in [2.75, 3.05) is 7.11 Å². The van der Waals surface area contributed by atoms with Crippen LogP contribution in [0.1, 0.15) is 10.4 Å². The first kappa shape index (κ1) is 12.2. The van der Waals surface area contributed by atoms with Crippen LogP contribution < -0.4 is 0 Å². The summed E-state index contributed by atoms with van der Waals surface area (Å²) in [5.74, 6) is -0.365. The molecule has 0 aromatic heterocycles. The fraction of sp³-hybridized carbons (Fsp3) is 0.200. The molecule has 5 heteroatoms. The van der Waals surface area contributed by atoms with Gasteiger partial charge in [0.2, 0.25) is 0 Å². The van der Waals surface area contributed by atoms with Crippen LogP contribution in [0, 0.1) is 0 Å². The zero-order valence-electron chi connectivity index (χ0n) is 8.03. The molecule has 0 saturated carbocycles. The fourth-order valence-corrected chi connectivity index (χ4v) is 2.71. The molecule has 0 fully saturated rings. The van der Waals surface area contributed by atoms with Crippen LogP contribution in [-0.2, 0) is 9.53 Å². The van der Waals surface area contributed by atoms with Crippen LogP contribution in [-0.4, -0.2) is 32.7 Å². The molecule has 1 aromatic rings. The number of benzene rings is 1. The number of halogens is 1. The van der Waals surface area contributed by atoms with Crippen molar-refractivity contribution in [3.8, 4) is 0 Å². The van der Waals surface area contributed by atoms with E-state index < -0.39 is 15.0 Å². The Kier molecular flexibility index (Phi) is 4.82. The molecule has 0 heterocycles. The van der Waals surface area contributed by atoms with Gasteiger partial charge in [-0.25, -0.2) is 0 Å². The van der Waals surface area contributed by atoms with Crippen molar-refractivity contribution in [3.05, 3.63) is 34.9 Å². The molecular formula is C10H9ClO3Se. The van der Waals surface area contributed by atoms with Gasteiger partial charge < -0.3 is 0 Å². The zero-order valence-corrected chi connectivity index (χ0v) is 10.5. The maximum absolute atomic E-state index is 11.6. The average Bonchev–Trinajstić information content (AvgIpc) is 2.26. The van der Waals surface area contributed by atoms with E-state index in [1.807, 2.05) is 0 Å². The zero-order chi connectivity index (χ0) is 11.3. The van der Waals surface area contributed by atoms with Crippen molar-refractivity contribution in [3.63, 3.8) is 0 Å². The number of methoxy groups -OCH3 is 1. The molecule has 0 N–H and O–H groups in total. The Hall–Kier alpha value is -0.831. The SMILES string of the molecule is COC(=O)C[Se]C(=O)c1ccccc1Cl. The van der Waals surface area contributed by atoms with Crippen LogP contribution in [0.25, 0.3) is 0 Å². The van der Waals surface area contributed by atoms with Gasteiger partial charge in [-0.05, 0) is 0 Å². The fourth-order valence-electron chi connectivity index (χ4n) is 0.888. The van der Waals surface area contributed by atoms with Gasteiger partial charge in [-0.3, -0.25) is 0 Å². The van der Waals surface area contributed by atoms with Crippen LogP contribution in [0.3, 0.4) is 0 Å². The van der Waals surface area contributed by atoms with E-state index in [4.69, 9.17) is 11.6 Å². The Morgan fingerprint density at radius 2 is 2.07 bits per heavy atom. The van der Waals surface area contributed by atoms with Gasteiger partial charge in [0.25, 0.3) is 0 Å². The van der Waals surface area contributed by atoms with Crippen molar-refractivity contribution in [2.45, 2.75) is 5.32 Å². The van der Waals surface area contributed by atoms with Crippen LogP contribution in [0.5, 0.6) is 0 Å². The van der Waals surface area contributed by atoms with Gasteiger partial charge in [0.1, 0.15) is 0 Å². The summed E-state index contributed by atoms with van der Waals surface area (Å²) in [4.78, 5) is 22.5. The summed E-state index contributed by atoms with van der Waals surface area (Å²) < 4.78 is 4.37. The normalized spacial score (nSPS) is 9.73. The Labute approximate surface area is 98.9 Å². The summed E-state index contributed by atoms with van der Waals surface area (Å²) >= 11 is 5.39. The first-order chi connectivity index (χ1) is 7.15. The summed E-state index contributed by atoms with van der Waals surface area (Å²) in [7, 11) is 1.30. The summed E-state index contributed by atoms with van der Waals surface area (Å²) in [6.07, 6.45) is 0. The van der Waals surface area contributed by atoms with Gasteiger partial charge in [0, 0.05) is 0 Å². The molecule has 15 heavy (non-hydrogen) atoms. The minimum absolute atomic E-state index is 0.0847. The van der Waals surface area contributed by atoms with Crippen molar-refractivity contribution >= 4 is 37.2 Å². The first-order valence-electron chi connectivity index (χ1n) is 4.13. The molecule has 0 aliphatic rings. The van der Waals surface area contributed by atoms with Gasteiger partial charge in [0.15, 0.2) is 0 Å². The van der Waals surface area contributed by atoms with Crippen LogP contribution >= 0.6 is 11.6 Å². The molecule has 0 unspecified atom stereocenters. The molecule has 0 radical (unpaired) electrons. The quantitative estimate of drug-likeness (QED) is 0.627. The van der Waals surface area contributed by atoms with Crippen molar-refractivity contribution in [1.29, 1.82) is 0 Å². The predicted octanol–water partition coefficient (Wildman–Crippen LogP) is 1.78. The van der Waals surface area contributed by atoms with Crippen LogP contribution in [0.2, 0.25) is 10.3 Å². The number of esters is 1. The second kappa shape index (κ2) is 5.91. The van der Waals surface area contributed by atoms with E-state index >= 15 is 0 Å². The number of carbonyl (C=O) groups is 2.